The molecule has 3 fully saturated rings. The first-order chi connectivity index (χ1) is 34.9. The number of aryl methyl sites for hydroxylation is 3. The van der Waals surface area contributed by atoms with Gasteiger partial charge in [-0.1, -0.05) is 49.1 Å². The summed E-state index contributed by atoms with van der Waals surface area (Å²) in [6.45, 7) is -0.0495. The number of imidazole rings is 1. The summed E-state index contributed by atoms with van der Waals surface area (Å²) in [5.41, 5.74) is 8.47. The number of nitrogens with one attached hydrogen (secondary N) is 3. The average molecular weight is 1070 g/mol. The van der Waals surface area contributed by atoms with Crippen LogP contribution in [0.5, 0.6) is 11.5 Å². The number of aromatic nitrogens is 2. The van der Waals surface area contributed by atoms with E-state index in [1.165, 1.54) is 33.4 Å². The van der Waals surface area contributed by atoms with Crippen molar-refractivity contribution in [1.82, 2.24) is 30.0 Å². The lowest BCUT2D eigenvalue weighted by Gasteiger charge is -2.35. The highest BCUT2D eigenvalue weighted by atomic mass is 35.5. The summed E-state index contributed by atoms with van der Waals surface area (Å²) in [7, 11) is -3.55. The lowest BCUT2D eigenvalue weighted by molar-refractivity contribution is -0.143. The molecule has 6 atom stereocenters. The lowest BCUT2D eigenvalue weighted by atomic mass is 9.99. The number of benzene rings is 3. The van der Waals surface area contributed by atoms with E-state index in [1.54, 1.807) is 18.0 Å². The summed E-state index contributed by atoms with van der Waals surface area (Å²) in [4.78, 5) is 103. The smallest absolute Gasteiger partial charge is 0.442 e. The molecule has 2 unspecified atom stereocenters. The molecule has 0 saturated carbocycles. The number of amides is 6. The van der Waals surface area contributed by atoms with E-state index >= 15 is 0 Å². The van der Waals surface area contributed by atoms with Crippen molar-refractivity contribution in [3.8, 4) is 11.5 Å². The Labute approximate surface area is 427 Å². The number of primary amides is 1. The van der Waals surface area contributed by atoms with Crippen molar-refractivity contribution in [3.63, 3.8) is 0 Å². The molecule has 5 aromatic rings. The molecule has 0 radical (unpaired) electrons. The fraction of sp³-hybridized carbons (Fsp3) is 0.460. The van der Waals surface area contributed by atoms with Crippen molar-refractivity contribution in [3.05, 3.63) is 92.2 Å². The molecule has 3 aliphatic heterocycles. The molecule has 0 bridgehead atoms. The number of halogens is 3. The molecule has 3 aromatic carbocycles. The topological polar surface area (TPSA) is 250 Å². The van der Waals surface area contributed by atoms with Gasteiger partial charge in [0.2, 0.25) is 29.5 Å². The molecule has 3 saturated heterocycles. The summed E-state index contributed by atoms with van der Waals surface area (Å²) in [5, 5.41) is 9.00. The van der Waals surface area contributed by atoms with Crippen molar-refractivity contribution >= 4 is 87.1 Å². The van der Waals surface area contributed by atoms with Crippen LogP contribution >= 0.6 is 30.5 Å². The Bertz CT molecular complexity index is 3060. The zero-order valence-corrected chi connectivity index (χ0v) is 42.5. The quantitative estimate of drug-likeness (QED) is 0.0308. The molecule has 8 rings (SSSR count). The number of thiophene rings is 1. The fourth-order valence-electron chi connectivity index (χ4n) is 10.0. The Morgan fingerprint density at radius 1 is 0.959 bits per heavy atom. The van der Waals surface area contributed by atoms with Gasteiger partial charge in [-0.25, -0.2) is 9.36 Å². The average Bonchev–Trinajstić information content (AvgIpc) is 4.04. The number of hydrogen-bond donors (Lipinski definition) is 5. The lowest BCUT2D eigenvalue weighted by Crippen LogP contribution is -2.57. The molecule has 0 aliphatic carbocycles. The summed E-state index contributed by atoms with van der Waals surface area (Å²) >= 11 is 7.96. The van der Waals surface area contributed by atoms with Crippen LogP contribution in [0.25, 0.3) is 21.1 Å². The zero-order valence-electron chi connectivity index (χ0n) is 40.0. The van der Waals surface area contributed by atoms with Crippen LogP contribution in [-0.4, -0.2) is 91.3 Å². The summed E-state index contributed by atoms with van der Waals surface area (Å²) in [5.74, 6) is -2.66. The van der Waals surface area contributed by atoms with Crippen LogP contribution in [0.1, 0.15) is 110 Å². The minimum atomic E-state index is -5.22. The summed E-state index contributed by atoms with van der Waals surface area (Å²) in [6.07, 6.45) is 4.30. The normalized spacial score (nSPS) is 20.5. The van der Waals surface area contributed by atoms with Crippen LogP contribution in [0.15, 0.2) is 65.5 Å². The van der Waals surface area contributed by atoms with Crippen LogP contribution in [-0.2, 0) is 48.4 Å². The van der Waals surface area contributed by atoms with Gasteiger partial charge >= 0.3 is 19.5 Å². The molecule has 18 nitrogen and oxygen atoms in total. The maximum Gasteiger partial charge on any atom is 0.442 e. The summed E-state index contributed by atoms with van der Waals surface area (Å²) < 4.78 is 52.1. The van der Waals surface area contributed by atoms with Gasteiger partial charge in [-0.2, -0.15) is 8.78 Å². The number of imide groups is 1. The van der Waals surface area contributed by atoms with E-state index in [9.17, 15) is 51.8 Å². The molecule has 6 N–H and O–H groups in total. The number of carbonyl (C=O) groups is 6. The minimum absolute atomic E-state index is 0.0444. The second-order valence-corrected chi connectivity index (χ2v) is 22.0. The van der Waals surface area contributed by atoms with E-state index in [0.717, 1.165) is 54.6 Å². The van der Waals surface area contributed by atoms with Gasteiger partial charge in [0.05, 0.1) is 27.0 Å². The molecule has 0 spiro atoms. The fourth-order valence-corrected chi connectivity index (χ4v) is 11.7. The third kappa shape index (κ3) is 12.3. The Hall–Kier alpha value is -6.15. The monoisotopic (exact) mass is 1070 g/mol. The van der Waals surface area contributed by atoms with Gasteiger partial charge in [0.1, 0.15) is 36.2 Å². The first-order valence-electron chi connectivity index (χ1n) is 24.4. The van der Waals surface area contributed by atoms with Crippen LogP contribution < -0.4 is 36.6 Å². The number of alkyl halides is 2. The van der Waals surface area contributed by atoms with Crippen LogP contribution in [0.4, 0.5) is 8.78 Å². The number of rotatable bonds is 20. The molecule has 5 heterocycles. The first-order valence-corrected chi connectivity index (χ1v) is 27.2. The highest BCUT2D eigenvalue weighted by molar-refractivity contribution is 7.53. The van der Waals surface area contributed by atoms with Crippen molar-refractivity contribution in [2.45, 2.75) is 133 Å². The number of nitrogens with zero attached hydrogens (tertiary/aromatic N) is 3. The predicted molar refractivity (Wildman–Crippen MR) is 269 cm³/mol. The number of ether oxygens (including phenoxy) is 1. The van der Waals surface area contributed by atoms with Gasteiger partial charge in [-0.15, -0.1) is 11.3 Å². The molecule has 3 aliphatic rings. The van der Waals surface area contributed by atoms with Crippen LogP contribution in [0.2, 0.25) is 5.02 Å². The highest BCUT2D eigenvalue weighted by Gasteiger charge is 2.44. The predicted octanol–water partition coefficient (Wildman–Crippen LogP) is 6.79. The molecule has 2 aromatic heterocycles. The van der Waals surface area contributed by atoms with Gasteiger partial charge in [-0.05, 0) is 123 Å². The Morgan fingerprint density at radius 2 is 1.74 bits per heavy atom. The number of piperidine rings is 1. The van der Waals surface area contributed by atoms with E-state index in [4.69, 9.17) is 22.1 Å². The number of unbranched alkanes of at least 4 members (excludes halogenated alkanes) is 2. The number of fused-ring (bicyclic) bond motifs is 3. The Morgan fingerprint density at radius 3 is 2.51 bits per heavy atom. The van der Waals surface area contributed by atoms with Gasteiger partial charge in [-0.3, -0.25) is 43.2 Å². The summed E-state index contributed by atoms with van der Waals surface area (Å²) in [6, 6.07) is 13.2. The van der Waals surface area contributed by atoms with E-state index in [1.807, 2.05) is 30.3 Å². The third-order valence-corrected chi connectivity index (χ3v) is 16.3. The standard InChI is InChI=1S/C50H57ClF2N7O11PS/c1-58-38-24-28(14-18-35(38)60(50(58)67)37-20-23-43(62)57-46(37)64)8-3-2-4-9-29-10-7-13-39(44(29)51)70-27-31(15-22-42(54)61)55-45(63)36-19-16-32-11-5-6-12-34(48(66)59(32)36)56-47(65)41-26-30-25-33(17-21-40(30)73-41)71-72(68,69)49(52)53/h7,10,13-14,17-18,21,24-26,31-32,34,36-37,49H,2-6,8-9,11-12,15-16,19-20,22-23,27H2,1H3,(H2,54,61)(H,55,63)(H,56,65)(H,68,69)(H,57,62,64)/t31-,32-,34-,36-,37?/m0/s1. The van der Waals surface area contributed by atoms with E-state index in [-0.39, 0.29) is 60.6 Å². The van der Waals surface area contributed by atoms with Crippen molar-refractivity contribution in [2.24, 2.45) is 12.8 Å². The molecule has 6 amide bonds. The largest absolute Gasteiger partial charge is 0.490 e. The molecule has 390 valence electrons. The maximum absolute atomic E-state index is 14.3. The van der Waals surface area contributed by atoms with Gasteiger partial charge < -0.3 is 35.4 Å². The van der Waals surface area contributed by atoms with Gasteiger partial charge in [0.15, 0.2) is 0 Å². The first kappa shape index (κ1) is 53.2. The minimum Gasteiger partial charge on any atom is -0.490 e. The third-order valence-electron chi connectivity index (χ3n) is 13.8. The highest BCUT2D eigenvalue weighted by Crippen LogP contribution is 2.49. The maximum atomic E-state index is 14.3. The van der Waals surface area contributed by atoms with Crippen molar-refractivity contribution < 1.29 is 56.3 Å². The molecule has 23 heteroatoms. The molecule has 73 heavy (non-hydrogen) atoms. The molecular formula is C50H57ClF2N7O11PS. The number of nitrogens with two attached hydrogens (primary N) is 1. The van der Waals surface area contributed by atoms with E-state index in [0.29, 0.717) is 70.4 Å². The second-order valence-electron chi connectivity index (χ2n) is 18.9. The number of carbonyl (C=O) groups excluding carboxylic acids is 6. The van der Waals surface area contributed by atoms with Crippen molar-refractivity contribution in [1.29, 1.82) is 0 Å². The Kier molecular flexibility index (Phi) is 16.7. The van der Waals surface area contributed by atoms with E-state index < -0.39 is 67.5 Å². The second kappa shape index (κ2) is 22.9. The van der Waals surface area contributed by atoms with Crippen molar-refractivity contribution in [2.75, 3.05) is 6.61 Å². The Balaban J connectivity index is 0.855. The van der Waals surface area contributed by atoms with Gasteiger partial charge in [0.25, 0.3) is 5.91 Å². The van der Waals surface area contributed by atoms with Gasteiger partial charge in [0, 0.05) is 30.6 Å². The SMILES string of the molecule is Cn1c(=O)n(C2CCC(=O)NC2=O)c2ccc(CCCCCc3cccc(OC[C@H](CCC(N)=O)NC(=O)[C@@H]4CC[C@@H]5CCCC[C@H](NC(=O)c6cc7cc(OP(=O)(O)C(F)F)ccc7s6)C(=O)N54)c3Cl)cc21. The van der Waals surface area contributed by atoms with E-state index in [2.05, 4.69) is 20.5 Å². The zero-order chi connectivity index (χ0) is 52.1. The molecular weight excluding hydrogens is 1010 g/mol. The van der Waals surface area contributed by atoms with Crippen LogP contribution in [0.3, 0.4) is 0 Å². The number of hydrogen-bond acceptors (Lipinski definition) is 11. The van der Waals surface area contributed by atoms with Crippen LogP contribution in [0, 0.1) is 0 Å².